The van der Waals surface area contributed by atoms with Gasteiger partial charge in [-0.3, -0.25) is 4.79 Å². The van der Waals surface area contributed by atoms with E-state index in [1.807, 2.05) is 17.0 Å². The highest BCUT2D eigenvalue weighted by atomic mass is 32.1. The van der Waals surface area contributed by atoms with E-state index in [1.54, 1.807) is 11.3 Å². The van der Waals surface area contributed by atoms with Crippen molar-refractivity contribution >= 4 is 28.1 Å². The highest BCUT2D eigenvalue weighted by molar-refractivity contribution is 7.14. The lowest BCUT2D eigenvalue weighted by atomic mass is 10.1. The maximum absolute atomic E-state index is 11.7. The number of nitrogens with one attached hydrogen (secondary N) is 1. The molecule has 2 heterocycles. The summed E-state index contributed by atoms with van der Waals surface area (Å²) in [5.74, 6) is 0.229. The number of amides is 1. The monoisotopic (exact) mass is 299 g/mol. The van der Waals surface area contributed by atoms with Crippen LogP contribution in [-0.4, -0.2) is 23.5 Å². The third-order valence-corrected chi connectivity index (χ3v) is 4.73. The van der Waals surface area contributed by atoms with E-state index in [2.05, 4.69) is 27.8 Å². The van der Waals surface area contributed by atoms with Gasteiger partial charge in [-0.25, -0.2) is 4.98 Å². The standard InChI is InChI=1S/C16H17N3OS/c20-15-2-1-9-19(15)13-7-3-11(4-8-13)14-10-21-16(18-14)17-12-5-6-12/h3-4,7-8,10,12H,1-2,5-6,9H2,(H,17,18). The van der Waals surface area contributed by atoms with Crippen LogP contribution in [0.1, 0.15) is 25.7 Å². The Morgan fingerprint density at radius 3 is 2.71 bits per heavy atom. The fourth-order valence-electron chi connectivity index (χ4n) is 2.61. The van der Waals surface area contributed by atoms with Crippen LogP contribution in [0.5, 0.6) is 0 Å². The molecular weight excluding hydrogens is 282 g/mol. The van der Waals surface area contributed by atoms with Gasteiger partial charge in [-0.05, 0) is 31.4 Å². The summed E-state index contributed by atoms with van der Waals surface area (Å²) in [6.07, 6.45) is 4.15. The maximum Gasteiger partial charge on any atom is 0.227 e. The number of rotatable bonds is 4. The first-order valence-corrected chi connectivity index (χ1v) is 8.30. The topological polar surface area (TPSA) is 45.2 Å². The van der Waals surface area contributed by atoms with Crippen LogP contribution in [-0.2, 0) is 4.79 Å². The predicted octanol–water partition coefficient (Wildman–Crippen LogP) is 3.51. The normalized spacial score (nSPS) is 18.3. The van der Waals surface area contributed by atoms with Crippen molar-refractivity contribution in [2.45, 2.75) is 31.7 Å². The molecule has 4 nitrogen and oxygen atoms in total. The minimum atomic E-state index is 0.229. The quantitative estimate of drug-likeness (QED) is 0.939. The number of nitrogens with zero attached hydrogens (tertiary/aromatic N) is 2. The molecule has 1 amide bonds. The van der Waals surface area contributed by atoms with Crippen molar-refractivity contribution in [3.8, 4) is 11.3 Å². The number of anilines is 2. The molecule has 1 aliphatic carbocycles. The molecule has 2 aliphatic rings. The Morgan fingerprint density at radius 2 is 2.05 bits per heavy atom. The molecule has 108 valence electrons. The molecule has 0 unspecified atom stereocenters. The molecule has 21 heavy (non-hydrogen) atoms. The summed E-state index contributed by atoms with van der Waals surface area (Å²) < 4.78 is 0. The molecule has 0 spiro atoms. The number of hydrogen-bond acceptors (Lipinski definition) is 4. The Balaban J connectivity index is 1.52. The lowest BCUT2D eigenvalue weighted by Crippen LogP contribution is -2.23. The van der Waals surface area contributed by atoms with Gasteiger partial charge in [-0.2, -0.15) is 0 Å². The lowest BCUT2D eigenvalue weighted by molar-refractivity contribution is -0.117. The molecule has 1 N–H and O–H groups in total. The first-order chi connectivity index (χ1) is 10.3. The SMILES string of the molecule is O=C1CCCN1c1ccc(-c2csc(NC3CC3)n2)cc1. The van der Waals surface area contributed by atoms with Crippen LogP contribution in [0, 0.1) is 0 Å². The molecule has 4 rings (SSSR count). The second-order valence-corrected chi connectivity index (χ2v) is 6.51. The van der Waals surface area contributed by atoms with E-state index < -0.39 is 0 Å². The van der Waals surface area contributed by atoms with Crippen LogP contribution in [0.15, 0.2) is 29.6 Å². The third-order valence-electron chi connectivity index (χ3n) is 3.96. The van der Waals surface area contributed by atoms with Gasteiger partial charge in [-0.15, -0.1) is 11.3 Å². The largest absolute Gasteiger partial charge is 0.359 e. The Labute approximate surface area is 127 Å². The first kappa shape index (κ1) is 12.8. The summed E-state index contributed by atoms with van der Waals surface area (Å²) in [5, 5.41) is 6.51. The van der Waals surface area contributed by atoms with Crippen molar-refractivity contribution < 1.29 is 4.79 Å². The number of thiazole rings is 1. The van der Waals surface area contributed by atoms with Gasteiger partial charge in [-0.1, -0.05) is 12.1 Å². The highest BCUT2D eigenvalue weighted by Gasteiger charge is 2.23. The highest BCUT2D eigenvalue weighted by Crippen LogP contribution is 2.31. The van der Waals surface area contributed by atoms with Crippen molar-refractivity contribution in [3.05, 3.63) is 29.6 Å². The molecule has 0 bridgehead atoms. The summed E-state index contributed by atoms with van der Waals surface area (Å²) in [7, 11) is 0. The number of carbonyl (C=O) groups excluding carboxylic acids is 1. The second-order valence-electron chi connectivity index (χ2n) is 5.65. The van der Waals surface area contributed by atoms with E-state index in [1.165, 1.54) is 12.8 Å². The van der Waals surface area contributed by atoms with Gasteiger partial charge >= 0.3 is 0 Å². The van der Waals surface area contributed by atoms with Crippen molar-refractivity contribution in [2.24, 2.45) is 0 Å². The summed E-state index contributed by atoms with van der Waals surface area (Å²) in [6.45, 7) is 0.838. The second kappa shape index (κ2) is 5.15. The van der Waals surface area contributed by atoms with E-state index in [0.29, 0.717) is 12.5 Å². The molecule has 2 fully saturated rings. The fraction of sp³-hybridized carbons (Fsp3) is 0.375. The number of hydrogen-bond donors (Lipinski definition) is 1. The Hall–Kier alpha value is -1.88. The van der Waals surface area contributed by atoms with Gasteiger partial charge in [0.15, 0.2) is 5.13 Å². The van der Waals surface area contributed by atoms with Crippen LogP contribution < -0.4 is 10.2 Å². The Kier molecular flexibility index (Phi) is 3.15. The summed E-state index contributed by atoms with van der Waals surface area (Å²) >= 11 is 1.66. The van der Waals surface area contributed by atoms with Crippen LogP contribution in [0.3, 0.4) is 0 Å². The molecule has 0 atom stereocenters. The zero-order chi connectivity index (χ0) is 14.2. The van der Waals surface area contributed by atoms with Gasteiger partial charge in [0.2, 0.25) is 5.91 Å². The third kappa shape index (κ3) is 2.65. The van der Waals surface area contributed by atoms with Crippen molar-refractivity contribution in [3.63, 3.8) is 0 Å². The van der Waals surface area contributed by atoms with E-state index in [-0.39, 0.29) is 5.91 Å². The van der Waals surface area contributed by atoms with Crippen molar-refractivity contribution in [2.75, 3.05) is 16.8 Å². The zero-order valence-corrected chi connectivity index (χ0v) is 12.5. The summed E-state index contributed by atoms with van der Waals surface area (Å²) in [4.78, 5) is 18.2. The van der Waals surface area contributed by atoms with E-state index >= 15 is 0 Å². The predicted molar refractivity (Wildman–Crippen MR) is 85.8 cm³/mol. The molecule has 1 saturated heterocycles. The zero-order valence-electron chi connectivity index (χ0n) is 11.7. The smallest absolute Gasteiger partial charge is 0.227 e. The van der Waals surface area contributed by atoms with Gasteiger partial charge in [0.1, 0.15) is 0 Å². The number of benzene rings is 1. The molecule has 1 aromatic carbocycles. The minimum Gasteiger partial charge on any atom is -0.359 e. The van der Waals surface area contributed by atoms with Gasteiger partial charge in [0.25, 0.3) is 0 Å². The molecule has 1 saturated carbocycles. The first-order valence-electron chi connectivity index (χ1n) is 7.42. The molecule has 5 heteroatoms. The van der Waals surface area contributed by atoms with Crippen LogP contribution >= 0.6 is 11.3 Å². The lowest BCUT2D eigenvalue weighted by Gasteiger charge is -2.15. The summed E-state index contributed by atoms with van der Waals surface area (Å²) in [6, 6.07) is 8.78. The van der Waals surface area contributed by atoms with E-state index in [9.17, 15) is 4.79 Å². The Bertz CT molecular complexity index is 660. The molecular formula is C16H17N3OS. The molecule has 0 radical (unpaired) electrons. The van der Waals surface area contributed by atoms with Gasteiger partial charge in [0.05, 0.1) is 5.69 Å². The minimum absolute atomic E-state index is 0.229. The van der Waals surface area contributed by atoms with Crippen LogP contribution in [0.25, 0.3) is 11.3 Å². The van der Waals surface area contributed by atoms with E-state index in [0.717, 1.165) is 35.0 Å². The van der Waals surface area contributed by atoms with Gasteiger partial charge in [0, 0.05) is 35.6 Å². The Morgan fingerprint density at radius 1 is 1.24 bits per heavy atom. The number of carbonyl (C=O) groups is 1. The molecule has 2 aromatic rings. The van der Waals surface area contributed by atoms with Crippen LogP contribution in [0.4, 0.5) is 10.8 Å². The molecule has 1 aliphatic heterocycles. The average Bonchev–Trinajstić information content (AvgIpc) is 3.01. The number of aromatic nitrogens is 1. The average molecular weight is 299 g/mol. The van der Waals surface area contributed by atoms with Crippen LogP contribution in [0.2, 0.25) is 0 Å². The maximum atomic E-state index is 11.7. The molecule has 1 aromatic heterocycles. The van der Waals surface area contributed by atoms with E-state index in [4.69, 9.17) is 0 Å². The fourth-order valence-corrected chi connectivity index (χ4v) is 3.41. The summed E-state index contributed by atoms with van der Waals surface area (Å²) in [5.41, 5.74) is 3.10. The van der Waals surface area contributed by atoms with Crippen molar-refractivity contribution in [1.82, 2.24) is 4.98 Å². The van der Waals surface area contributed by atoms with Gasteiger partial charge < -0.3 is 10.2 Å². The van der Waals surface area contributed by atoms with Crippen molar-refractivity contribution in [1.29, 1.82) is 0 Å².